The van der Waals surface area contributed by atoms with Gasteiger partial charge in [-0.2, -0.15) is 0 Å². The van der Waals surface area contributed by atoms with Crippen molar-refractivity contribution in [2.45, 2.75) is 6.92 Å². The van der Waals surface area contributed by atoms with E-state index in [1.54, 1.807) is 20.1 Å². The molecule has 0 rings (SSSR count). The van der Waals surface area contributed by atoms with Crippen molar-refractivity contribution in [1.82, 2.24) is 0 Å². The van der Waals surface area contributed by atoms with E-state index < -0.39 is 0 Å². The van der Waals surface area contributed by atoms with Crippen LogP contribution in [0, 0.1) is 0 Å². The fourth-order valence-electron chi connectivity index (χ4n) is 0.212. The maximum absolute atomic E-state index is 8.21. The summed E-state index contributed by atoms with van der Waals surface area (Å²) >= 11 is 0. The van der Waals surface area contributed by atoms with Gasteiger partial charge in [0.1, 0.15) is 0 Å². The lowest BCUT2D eigenvalue weighted by molar-refractivity contribution is 0.279. The van der Waals surface area contributed by atoms with Gasteiger partial charge >= 0.3 is 0 Å². The Hall–Kier alpha value is -0.500. The Morgan fingerprint density at radius 1 is 1.86 bits per heavy atom. The van der Waals surface area contributed by atoms with Crippen molar-refractivity contribution in [2.24, 2.45) is 0 Å². The third-order valence-corrected chi connectivity index (χ3v) is 0.701. The molecule has 0 aromatic heterocycles. The highest BCUT2D eigenvalue weighted by atomic mass is 16.5. The van der Waals surface area contributed by atoms with Crippen LogP contribution in [-0.4, -0.2) is 18.8 Å². The van der Waals surface area contributed by atoms with E-state index in [2.05, 4.69) is 0 Å². The number of hydrogen-bond donors (Lipinski definition) is 1. The lowest BCUT2D eigenvalue weighted by Crippen LogP contribution is -1.81. The van der Waals surface area contributed by atoms with Crippen molar-refractivity contribution in [3.05, 3.63) is 11.8 Å². The van der Waals surface area contributed by atoms with E-state index in [1.807, 2.05) is 0 Å². The number of aliphatic hydroxyl groups is 1. The van der Waals surface area contributed by atoms with E-state index in [1.165, 1.54) is 0 Å². The van der Waals surface area contributed by atoms with Gasteiger partial charge in [-0.25, -0.2) is 0 Å². The normalized spacial score (nSPS) is 11.6. The van der Waals surface area contributed by atoms with Crippen molar-refractivity contribution in [2.75, 3.05) is 13.7 Å². The van der Waals surface area contributed by atoms with Crippen LogP contribution in [0.15, 0.2) is 11.8 Å². The Morgan fingerprint density at radius 2 is 2.43 bits per heavy atom. The Balaban J connectivity index is 3.29. The van der Waals surface area contributed by atoms with Gasteiger partial charge in [0.05, 0.1) is 19.5 Å². The van der Waals surface area contributed by atoms with Crippen LogP contribution in [0.25, 0.3) is 0 Å². The molecule has 0 bridgehead atoms. The first kappa shape index (κ1) is 6.50. The molecule has 0 saturated carbocycles. The predicted molar refractivity (Wildman–Crippen MR) is 27.9 cm³/mol. The summed E-state index contributed by atoms with van der Waals surface area (Å²) in [5.74, 6) is 0.752. The standard InChI is InChI=1S/C5H10O2/c1-5(7-2)3-4-6/h3,6H,4H2,1-2H3/b5-3+. The van der Waals surface area contributed by atoms with Gasteiger partial charge in [0, 0.05) is 0 Å². The summed E-state index contributed by atoms with van der Waals surface area (Å²) in [6.45, 7) is 1.84. The van der Waals surface area contributed by atoms with Crippen LogP contribution < -0.4 is 0 Å². The molecule has 0 saturated heterocycles. The summed E-state index contributed by atoms with van der Waals surface area (Å²) in [6.07, 6.45) is 1.60. The number of rotatable bonds is 2. The molecule has 0 aliphatic carbocycles. The van der Waals surface area contributed by atoms with Crippen LogP contribution in [0.2, 0.25) is 0 Å². The van der Waals surface area contributed by atoms with Crippen LogP contribution in [0.5, 0.6) is 0 Å². The lowest BCUT2D eigenvalue weighted by atomic mass is 10.5. The second-order valence-electron chi connectivity index (χ2n) is 1.20. The molecule has 2 heteroatoms. The molecule has 2 nitrogen and oxygen atoms in total. The van der Waals surface area contributed by atoms with Crippen molar-refractivity contribution < 1.29 is 9.84 Å². The van der Waals surface area contributed by atoms with E-state index >= 15 is 0 Å². The molecule has 0 fully saturated rings. The van der Waals surface area contributed by atoms with Crippen molar-refractivity contribution in [1.29, 1.82) is 0 Å². The minimum absolute atomic E-state index is 0.0552. The zero-order chi connectivity index (χ0) is 5.70. The van der Waals surface area contributed by atoms with Gasteiger partial charge in [0.15, 0.2) is 0 Å². The van der Waals surface area contributed by atoms with Crippen molar-refractivity contribution in [3.63, 3.8) is 0 Å². The third-order valence-electron chi connectivity index (χ3n) is 0.701. The van der Waals surface area contributed by atoms with Gasteiger partial charge in [-0.3, -0.25) is 0 Å². The molecule has 0 aromatic carbocycles. The molecule has 0 aromatic rings. The summed E-state index contributed by atoms with van der Waals surface area (Å²) < 4.78 is 4.69. The van der Waals surface area contributed by atoms with Crippen LogP contribution in [-0.2, 0) is 4.74 Å². The average molecular weight is 102 g/mol. The SMILES string of the molecule is CO/C(C)=C/CO. The lowest BCUT2D eigenvalue weighted by Gasteiger charge is -1.93. The first-order valence-electron chi connectivity index (χ1n) is 2.13. The van der Waals surface area contributed by atoms with Gasteiger partial charge in [-0.1, -0.05) is 0 Å². The summed E-state index contributed by atoms with van der Waals surface area (Å²) in [5.41, 5.74) is 0. The summed E-state index contributed by atoms with van der Waals surface area (Å²) in [5, 5.41) is 8.21. The second kappa shape index (κ2) is 3.68. The highest BCUT2D eigenvalue weighted by molar-refractivity contribution is 4.86. The van der Waals surface area contributed by atoms with Crippen LogP contribution in [0.1, 0.15) is 6.92 Å². The minimum atomic E-state index is 0.0552. The Morgan fingerprint density at radius 3 is 2.57 bits per heavy atom. The fraction of sp³-hybridized carbons (Fsp3) is 0.600. The summed E-state index contributed by atoms with van der Waals surface area (Å²) in [7, 11) is 1.57. The van der Waals surface area contributed by atoms with Crippen LogP contribution in [0.4, 0.5) is 0 Å². The van der Waals surface area contributed by atoms with E-state index in [-0.39, 0.29) is 6.61 Å². The van der Waals surface area contributed by atoms with Crippen LogP contribution >= 0.6 is 0 Å². The molecule has 1 N–H and O–H groups in total. The second-order valence-corrected chi connectivity index (χ2v) is 1.20. The zero-order valence-corrected chi connectivity index (χ0v) is 4.64. The quantitative estimate of drug-likeness (QED) is 0.515. The smallest absolute Gasteiger partial charge is 0.0907 e. The van der Waals surface area contributed by atoms with Gasteiger partial charge < -0.3 is 9.84 Å². The van der Waals surface area contributed by atoms with E-state index in [9.17, 15) is 0 Å². The largest absolute Gasteiger partial charge is 0.502 e. The number of ether oxygens (including phenoxy) is 1. The molecule has 0 amide bonds. The van der Waals surface area contributed by atoms with Gasteiger partial charge in [0.2, 0.25) is 0 Å². The molecule has 0 unspecified atom stereocenters. The molecular formula is C5H10O2. The minimum Gasteiger partial charge on any atom is -0.502 e. The summed E-state index contributed by atoms with van der Waals surface area (Å²) in [4.78, 5) is 0. The van der Waals surface area contributed by atoms with Gasteiger partial charge in [-0.05, 0) is 13.0 Å². The number of methoxy groups -OCH3 is 1. The summed E-state index contributed by atoms with van der Waals surface area (Å²) in [6, 6.07) is 0. The first-order valence-corrected chi connectivity index (χ1v) is 2.13. The Kier molecular flexibility index (Phi) is 3.42. The topological polar surface area (TPSA) is 29.5 Å². The highest BCUT2D eigenvalue weighted by Crippen LogP contribution is 1.88. The number of allylic oxidation sites excluding steroid dienone is 1. The Bertz CT molecular complexity index is 66.5. The van der Waals surface area contributed by atoms with Gasteiger partial charge in [-0.15, -0.1) is 0 Å². The molecule has 0 aliphatic heterocycles. The predicted octanol–water partition coefficient (Wildman–Crippen LogP) is 0.529. The molecule has 7 heavy (non-hydrogen) atoms. The molecular weight excluding hydrogens is 92.1 g/mol. The first-order chi connectivity index (χ1) is 3.31. The maximum atomic E-state index is 8.21. The fourth-order valence-corrected chi connectivity index (χ4v) is 0.212. The molecule has 0 radical (unpaired) electrons. The van der Waals surface area contributed by atoms with Crippen LogP contribution in [0.3, 0.4) is 0 Å². The monoisotopic (exact) mass is 102 g/mol. The van der Waals surface area contributed by atoms with Gasteiger partial charge in [0.25, 0.3) is 0 Å². The van der Waals surface area contributed by atoms with E-state index in [0.29, 0.717) is 0 Å². The molecule has 0 spiro atoms. The molecule has 0 aliphatic rings. The van der Waals surface area contributed by atoms with E-state index in [0.717, 1.165) is 5.76 Å². The third kappa shape index (κ3) is 3.33. The van der Waals surface area contributed by atoms with E-state index in [4.69, 9.17) is 9.84 Å². The highest BCUT2D eigenvalue weighted by Gasteiger charge is 1.77. The molecule has 42 valence electrons. The molecule has 0 atom stereocenters. The van der Waals surface area contributed by atoms with Crippen molar-refractivity contribution >= 4 is 0 Å². The maximum Gasteiger partial charge on any atom is 0.0907 e. The zero-order valence-electron chi connectivity index (χ0n) is 4.64. The number of hydrogen-bond acceptors (Lipinski definition) is 2. The number of aliphatic hydroxyl groups excluding tert-OH is 1. The van der Waals surface area contributed by atoms with Crippen molar-refractivity contribution in [3.8, 4) is 0 Å². The average Bonchev–Trinajstić information content (AvgIpc) is 1.68. The Labute approximate surface area is 43.4 Å². The molecule has 0 heterocycles.